The standard InChI is InChI=1S/C11H17NO2/c1-12-11(8-3-4-8)10-6-5-9(14-10)7-13-2/h5-6,8,11-12H,3-4,7H2,1-2H3. The summed E-state index contributed by atoms with van der Waals surface area (Å²) in [5, 5.41) is 3.30. The van der Waals surface area contributed by atoms with Crippen LogP contribution in [0.2, 0.25) is 0 Å². The number of hydrogen-bond acceptors (Lipinski definition) is 3. The molecule has 0 radical (unpaired) electrons. The maximum absolute atomic E-state index is 5.69. The van der Waals surface area contributed by atoms with Gasteiger partial charge in [0.15, 0.2) is 0 Å². The van der Waals surface area contributed by atoms with Crippen LogP contribution >= 0.6 is 0 Å². The Kier molecular flexibility index (Phi) is 2.89. The minimum atomic E-state index is 0.389. The van der Waals surface area contributed by atoms with Crippen molar-refractivity contribution in [2.75, 3.05) is 14.2 Å². The average molecular weight is 195 g/mol. The fraction of sp³-hybridized carbons (Fsp3) is 0.636. The van der Waals surface area contributed by atoms with Gasteiger partial charge in [-0.15, -0.1) is 0 Å². The Hall–Kier alpha value is -0.800. The van der Waals surface area contributed by atoms with Crippen LogP contribution in [-0.2, 0) is 11.3 Å². The van der Waals surface area contributed by atoms with Crippen LogP contribution < -0.4 is 5.32 Å². The summed E-state index contributed by atoms with van der Waals surface area (Å²) in [6, 6.07) is 4.43. The summed E-state index contributed by atoms with van der Waals surface area (Å²) >= 11 is 0. The van der Waals surface area contributed by atoms with Gasteiger partial charge in [-0.25, -0.2) is 0 Å². The largest absolute Gasteiger partial charge is 0.462 e. The van der Waals surface area contributed by atoms with Crippen molar-refractivity contribution in [2.24, 2.45) is 5.92 Å². The van der Waals surface area contributed by atoms with Gasteiger partial charge in [-0.2, -0.15) is 0 Å². The summed E-state index contributed by atoms with van der Waals surface area (Å²) in [5.41, 5.74) is 0. The summed E-state index contributed by atoms with van der Waals surface area (Å²) in [5.74, 6) is 2.71. The Morgan fingerprint density at radius 3 is 2.93 bits per heavy atom. The van der Waals surface area contributed by atoms with Gasteiger partial charge in [0.25, 0.3) is 0 Å². The van der Waals surface area contributed by atoms with Gasteiger partial charge in [-0.05, 0) is 37.9 Å². The molecule has 0 amide bonds. The van der Waals surface area contributed by atoms with Gasteiger partial charge < -0.3 is 14.5 Å². The fourth-order valence-corrected chi connectivity index (χ4v) is 1.82. The number of furan rings is 1. The molecule has 3 heteroatoms. The number of hydrogen-bond donors (Lipinski definition) is 1. The zero-order valence-corrected chi connectivity index (χ0v) is 8.75. The summed E-state index contributed by atoms with van der Waals surface area (Å²) in [6.45, 7) is 0.557. The Balaban J connectivity index is 2.05. The van der Waals surface area contributed by atoms with E-state index in [9.17, 15) is 0 Å². The summed E-state index contributed by atoms with van der Waals surface area (Å²) < 4.78 is 10.7. The second-order valence-corrected chi connectivity index (χ2v) is 3.84. The third-order valence-corrected chi connectivity index (χ3v) is 2.68. The molecule has 1 N–H and O–H groups in total. The number of methoxy groups -OCH3 is 1. The summed E-state index contributed by atoms with van der Waals surface area (Å²) in [6.07, 6.45) is 2.62. The molecule has 1 aromatic rings. The maximum Gasteiger partial charge on any atom is 0.129 e. The molecular formula is C11H17NO2. The molecule has 1 fully saturated rings. The lowest BCUT2D eigenvalue weighted by Crippen LogP contribution is -2.17. The summed E-state index contributed by atoms with van der Waals surface area (Å²) in [7, 11) is 3.67. The molecule has 1 aliphatic carbocycles. The minimum Gasteiger partial charge on any atom is -0.462 e. The molecule has 14 heavy (non-hydrogen) atoms. The van der Waals surface area contributed by atoms with Crippen molar-refractivity contribution >= 4 is 0 Å². The highest BCUT2D eigenvalue weighted by Crippen LogP contribution is 2.41. The van der Waals surface area contributed by atoms with Crippen molar-refractivity contribution in [3.05, 3.63) is 23.7 Å². The number of rotatable bonds is 5. The Bertz CT molecular complexity index is 291. The third kappa shape index (κ3) is 1.99. The molecule has 2 rings (SSSR count). The molecule has 1 atom stereocenters. The monoisotopic (exact) mass is 195 g/mol. The van der Waals surface area contributed by atoms with Crippen molar-refractivity contribution < 1.29 is 9.15 Å². The Morgan fingerprint density at radius 2 is 2.36 bits per heavy atom. The molecule has 0 bridgehead atoms. The van der Waals surface area contributed by atoms with Crippen molar-refractivity contribution in [3.8, 4) is 0 Å². The molecule has 0 aliphatic heterocycles. The van der Waals surface area contributed by atoms with E-state index in [1.807, 2.05) is 19.2 Å². The predicted molar refractivity (Wildman–Crippen MR) is 53.9 cm³/mol. The zero-order valence-electron chi connectivity index (χ0n) is 8.75. The molecule has 1 aromatic heterocycles. The van der Waals surface area contributed by atoms with Crippen LogP contribution in [0.3, 0.4) is 0 Å². The molecular weight excluding hydrogens is 178 g/mol. The topological polar surface area (TPSA) is 34.4 Å². The van der Waals surface area contributed by atoms with E-state index < -0.39 is 0 Å². The average Bonchev–Trinajstić information content (AvgIpc) is 2.90. The highest BCUT2D eigenvalue weighted by Gasteiger charge is 2.33. The fourth-order valence-electron chi connectivity index (χ4n) is 1.82. The van der Waals surface area contributed by atoms with Crippen molar-refractivity contribution in [1.82, 2.24) is 5.32 Å². The Labute approximate surface area is 84.4 Å². The lowest BCUT2D eigenvalue weighted by Gasteiger charge is -2.11. The zero-order chi connectivity index (χ0) is 9.97. The van der Waals surface area contributed by atoms with Crippen LogP contribution in [0.4, 0.5) is 0 Å². The molecule has 1 saturated carbocycles. The van der Waals surface area contributed by atoms with Gasteiger partial charge in [0, 0.05) is 7.11 Å². The molecule has 3 nitrogen and oxygen atoms in total. The van der Waals surface area contributed by atoms with Gasteiger partial charge in [0.2, 0.25) is 0 Å². The van der Waals surface area contributed by atoms with Crippen LogP contribution in [0.15, 0.2) is 16.5 Å². The van der Waals surface area contributed by atoms with Gasteiger partial charge in [0.05, 0.1) is 6.04 Å². The third-order valence-electron chi connectivity index (χ3n) is 2.68. The normalized spacial score (nSPS) is 18.4. The highest BCUT2D eigenvalue weighted by molar-refractivity contribution is 5.13. The maximum atomic E-state index is 5.69. The molecule has 1 unspecified atom stereocenters. The van der Waals surface area contributed by atoms with E-state index >= 15 is 0 Å². The van der Waals surface area contributed by atoms with Crippen molar-refractivity contribution in [2.45, 2.75) is 25.5 Å². The summed E-state index contributed by atoms with van der Waals surface area (Å²) in [4.78, 5) is 0. The lowest BCUT2D eigenvalue weighted by molar-refractivity contribution is 0.161. The molecule has 0 spiro atoms. The predicted octanol–water partition coefficient (Wildman–Crippen LogP) is 2.10. The molecule has 1 aliphatic rings. The SMILES string of the molecule is CNC(c1ccc(COC)o1)C1CC1. The van der Waals surface area contributed by atoms with Crippen LogP contribution in [-0.4, -0.2) is 14.2 Å². The van der Waals surface area contributed by atoms with Gasteiger partial charge in [-0.1, -0.05) is 0 Å². The second-order valence-electron chi connectivity index (χ2n) is 3.84. The van der Waals surface area contributed by atoms with Crippen LogP contribution in [0.25, 0.3) is 0 Å². The van der Waals surface area contributed by atoms with E-state index in [0.717, 1.165) is 17.4 Å². The first-order chi connectivity index (χ1) is 6.85. The highest BCUT2D eigenvalue weighted by atomic mass is 16.5. The quantitative estimate of drug-likeness (QED) is 0.781. The van der Waals surface area contributed by atoms with E-state index in [1.165, 1.54) is 12.8 Å². The van der Waals surface area contributed by atoms with E-state index in [0.29, 0.717) is 12.6 Å². The first-order valence-electron chi connectivity index (χ1n) is 5.10. The van der Waals surface area contributed by atoms with Crippen LogP contribution in [0, 0.1) is 5.92 Å². The van der Waals surface area contributed by atoms with Gasteiger partial charge in [0.1, 0.15) is 18.1 Å². The molecule has 1 heterocycles. The Morgan fingerprint density at radius 1 is 1.57 bits per heavy atom. The van der Waals surface area contributed by atoms with Gasteiger partial charge >= 0.3 is 0 Å². The van der Waals surface area contributed by atoms with Crippen molar-refractivity contribution in [3.63, 3.8) is 0 Å². The first-order valence-corrected chi connectivity index (χ1v) is 5.10. The van der Waals surface area contributed by atoms with E-state index in [4.69, 9.17) is 9.15 Å². The smallest absolute Gasteiger partial charge is 0.129 e. The molecule has 0 aromatic carbocycles. The van der Waals surface area contributed by atoms with Crippen molar-refractivity contribution in [1.29, 1.82) is 0 Å². The molecule has 0 saturated heterocycles. The lowest BCUT2D eigenvalue weighted by atomic mass is 10.1. The van der Waals surface area contributed by atoms with E-state index in [-0.39, 0.29) is 0 Å². The van der Waals surface area contributed by atoms with E-state index in [1.54, 1.807) is 7.11 Å². The van der Waals surface area contributed by atoms with Crippen LogP contribution in [0.1, 0.15) is 30.4 Å². The number of nitrogens with one attached hydrogen (secondary N) is 1. The van der Waals surface area contributed by atoms with Crippen LogP contribution in [0.5, 0.6) is 0 Å². The number of ether oxygens (including phenoxy) is 1. The van der Waals surface area contributed by atoms with E-state index in [2.05, 4.69) is 5.32 Å². The second kappa shape index (κ2) is 4.15. The van der Waals surface area contributed by atoms with Gasteiger partial charge in [-0.3, -0.25) is 0 Å². The molecule has 78 valence electrons. The minimum absolute atomic E-state index is 0.389. The first kappa shape index (κ1) is 9.74.